The first-order valence-corrected chi connectivity index (χ1v) is 12.7. The monoisotopic (exact) mass is 458 g/mol. The first-order chi connectivity index (χ1) is 17.9. The van der Waals surface area contributed by atoms with Crippen LogP contribution in [0.1, 0.15) is 22.3 Å². The van der Waals surface area contributed by atoms with E-state index in [-0.39, 0.29) is 0 Å². The van der Waals surface area contributed by atoms with Gasteiger partial charge < -0.3 is 0 Å². The van der Waals surface area contributed by atoms with E-state index < -0.39 is 0 Å². The van der Waals surface area contributed by atoms with Crippen molar-refractivity contribution >= 4 is 32.8 Å². The zero-order valence-corrected chi connectivity index (χ0v) is 19.7. The normalized spacial score (nSPS) is 14.3. The van der Waals surface area contributed by atoms with Gasteiger partial charge in [-0.25, -0.2) is 0 Å². The van der Waals surface area contributed by atoms with Gasteiger partial charge in [-0.3, -0.25) is 0 Å². The van der Waals surface area contributed by atoms with Crippen molar-refractivity contribution in [1.29, 1.82) is 0 Å². The number of aromatic nitrogens is 2. The van der Waals surface area contributed by atoms with Crippen molar-refractivity contribution in [2.24, 2.45) is 0 Å². The van der Waals surface area contributed by atoms with Crippen LogP contribution in [0.2, 0.25) is 0 Å². The van der Waals surface area contributed by atoms with E-state index in [1.165, 1.54) is 77.6 Å². The third kappa shape index (κ3) is 2.23. The van der Waals surface area contributed by atoms with Crippen LogP contribution < -0.4 is 9.13 Å². The predicted molar refractivity (Wildman–Crippen MR) is 144 cm³/mol. The van der Waals surface area contributed by atoms with Crippen LogP contribution in [0, 0.1) is 0 Å². The Morgan fingerprint density at radius 3 is 1.92 bits per heavy atom. The molecule has 0 spiro atoms. The molecule has 0 atom stereocenters. The second-order valence-corrected chi connectivity index (χ2v) is 10.2. The summed E-state index contributed by atoms with van der Waals surface area (Å²) in [5, 5.41) is 5.31. The second kappa shape index (κ2) is 6.56. The molecule has 0 amide bonds. The first kappa shape index (κ1) is 18.7. The minimum absolute atomic E-state index is 0.872. The molecule has 0 fully saturated rings. The Labute approximate surface area is 209 Å². The molecule has 0 radical (unpaired) electrons. The van der Waals surface area contributed by atoms with E-state index in [0.29, 0.717) is 0 Å². The van der Waals surface area contributed by atoms with Crippen LogP contribution in [-0.4, -0.2) is 0 Å². The Morgan fingerprint density at radius 2 is 1.14 bits per heavy atom. The van der Waals surface area contributed by atoms with E-state index in [4.69, 9.17) is 0 Å². The molecule has 166 valence electrons. The summed E-state index contributed by atoms with van der Waals surface area (Å²) >= 11 is 0. The van der Waals surface area contributed by atoms with Crippen LogP contribution >= 0.6 is 0 Å². The van der Waals surface area contributed by atoms with Gasteiger partial charge in [0.25, 0.3) is 0 Å². The lowest BCUT2D eigenvalue weighted by molar-refractivity contribution is -0.675. The van der Waals surface area contributed by atoms with E-state index in [2.05, 4.69) is 119 Å². The average molecular weight is 459 g/mol. The van der Waals surface area contributed by atoms with E-state index in [9.17, 15) is 0 Å². The van der Waals surface area contributed by atoms with Gasteiger partial charge in [0.1, 0.15) is 0 Å². The van der Waals surface area contributed by atoms with Gasteiger partial charge in [-0.2, -0.15) is 9.13 Å². The fourth-order valence-electron chi connectivity index (χ4n) is 6.98. The maximum Gasteiger partial charge on any atom is 0.229 e. The standard InChI is InChI=1S/C34H22N2/c1-3-11-25-21(9-1)17-23-19-24-18-22-10-2-4-12-26(22)33-29-14-6-8-16-36(29)34(31(24)33)27-20-35-15-7-5-13-28(35)32(25)30(23)27/h1-18H,19-20H2/q+2. The van der Waals surface area contributed by atoms with Gasteiger partial charge in [0.05, 0.1) is 22.3 Å². The highest BCUT2D eigenvalue weighted by molar-refractivity contribution is 6.11. The Balaban J connectivity index is 1.54. The van der Waals surface area contributed by atoms with Crippen LogP contribution in [0.25, 0.3) is 55.3 Å². The molecular formula is C34H22N2+2. The molecule has 0 saturated heterocycles. The summed E-state index contributed by atoms with van der Waals surface area (Å²) in [5.74, 6) is 0. The van der Waals surface area contributed by atoms with E-state index in [1.54, 1.807) is 0 Å². The maximum atomic E-state index is 2.46. The van der Waals surface area contributed by atoms with Crippen molar-refractivity contribution in [2.75, 3.05) is 0 Å². The molecule has 6 aromatic rings. The first-order valence-electron chi connectivity index (χ1n) is 12.7. The van der Waals surface area contributed by atoms with Gasteiger partial charge in [0, 0.05) is 29.8 Å². The highest BCUT2D eigenvalue weighted by atomic mass is 15.0. The Bertz CT molecular complexity index is 1990. The number of rotatable bonds is 0. The largest absolute Gasteiger partial charge is 0.229 e. The second-order valence-electron chi connectivity index (χ2n) is 10.2. The number of pyridine rings is 2. The third-order valence-electron chi connectivity index (χ3n) is 8.35. The summed E-state index contributed by atoms with van der Waals surface area (Å²) in [4.78, 5) is 0. The SMILES string of the molecule is c1cc[n+]2c(c1)-c1c3c(cc4ccccc14)Cc1cc4ccccc4c4c1C(=C3C2)[n+]1ccccc1-4. The molecule has 0 bridgehead atoms. The number of fused-ring (bicyclic) bond motifs is 9. The number of benzene rings is 4. The third-order valence-corrected chi connectivity index (χ3v) is 8.35. The van der Waals surface area contributed by atoms with Gasteiger partial charge in [0.15, 0.2) is 18.9 Å². The predicted octanol–water partition coefficient (Wildman–Crippen LogP) is 6.55. The Morgan fingerprint density at radius 1 is 0.528 bits per heavy atom. The summed E-state index contributed by atoms with van der Waals surface area (Å²) in [6.07, 6.45) is 5.44. The molecule has 2 aliphatic heterocycles. The summed E-state index contributed by atoms with van der Waals surface area (Å²) in [5.41, 5.74) is 13.9. The molecule has 2 heteroatoms. The van der Waals surface area contributed by atoms with Crippen molar-refractivity contribution in [3.05, 3.63) is 132 Å². The van der Waals surface area contributed by atoms with Gasteiger partial charge in [0.2, 0.25) is 17.1 Å². The number of hydrogen-bond donors (Lipinski definition) is 0. The molecule has 4 heterocycles. The molecule has 3 aliphatic rings. The summed E-state index contributed by atoms with van der Waals surface area (Å²) in [6, 6.07) is 35.9. The molecule has 2 aromatic heterocycles. The Kier molecular flexibility index (Phi) is 3.41. The Hall–Kier alpha value is -4.56. The molecule has 0 N–H and O–H groups in total. The number of nitrogens with zero attached hydrogens (tertiary/aromatic N) is 2. The van der Waals surface area contributed by atoms with Crippen LogP contribution in [-0.2, 0) is 13.0 Å². The molecule has 0 unspecified atom stereocenters. The van der Waals surface area contributed by atoms with Crippen LogP contribution in [0.3, 0.4) is 0 Å². The van der Waals surface area contributed by atoms with Crippen molar-refractivity contribution in [2.45, 2.75) is 13.0 Å². The smallest absolute Gasteiger partial charge is 0.194 e. The number of hydrogen-bond acceptors (Lipinski definition) is 0. The fraction of sp³-hybridized carbons (Fsp3) is 0.0588. The molecule has 0 saturated carbocycles. The maximum absolute atomic E-state index is 2.46. The minimum Gasteiger partial charge on any atom is -0.194 e. The number of allylic oxidation sites excluding steroid dienone is 1. The lowest BCUT2D eigenvalue weighted by Crippen LogP contribution is -2.41. The van der Waals surface area contributed by atoms with Crippen LogP contribution in [0.5, 0.6) is 0 Å². The summed E-state index contributed by atoms with van der Waals surface area (Å²) in [6.45, 7) is 0.872. The molecule has 4 aromatic carbocycles. The van der Waals surface area contributed by atoms with Gasteiger partial charge in [-0.1, -0.05) is 54.6 Å². The van der Waals surface area contributed by atoms with E-state index in [0.717, 1.165) is 13.0 Å². The van der Waals surface area contributed by atoms with Gasteiger partial charge >= 0.3 is 0 Å². The highest BCUT2D eigenvalue weighted by Crippen LogP contribution is 2.50. The highest BCUT2D eigenvalue weighted by Gasteiger charge is 2.44. The minimum atomic E-state index is 0.872. The quantitative estimate of drug-likeness (QED) is 0.228. The summed E-state index contributed by atoms with van der Waals surface area (Å²) < 4.78 is 4.90. The van der Waals surface area contributed by atoms with Crippen molar-refractivity contribution in [3.63, 3.8) is 0 Å². The zero-order valence-electron chi connectivity index (χ0n) is 19.7. The van der Waals surface area contributed by atoms with Crippen LogP contribution in [0.15, 0.2) is 109 Å². The van der Waals surface area contributed by atoms with Crippen LogP contribution in [0.4, 0.5) is 0 Å². The summed E-state index contributed by atoms with van der Waals surface area (Å²) in [7, 11) is 0. The lowest BCUT2D eigenvalue weighted by Gasteiger charge is -2.21. The topological polar surface area (TPSA) is 7.76 Å². The fourth-order valence-corrected chi connectivity index (χ4v) is 6.98. The average Bonchev–Trinajstić information content (AvgIpc) is 3.21. The van der Waals surface area contributed by atoms with Crippen molar-refractivity contribution < 1.29 is 9.13 Å². The van der Waals surface area contributed by atoms with Gasteiger partial charge in [-0.05, 0) is 57.3 Å². The lowest BCUT2D eigenvalue weighted by atomic mass is 9.84. The molecule has 2 nitrogen and oxygen atoms in total. The van der Waals surface area contributed by atoms with Crippen molar-refractivity contribution in [3.8, 4) is 22.5 Å². The van der Waals surface area contributed by atoms with E-state index in [1.807, 2.05) is 0 Å². The van der Waals surface area contributed by atoms with Crippen molar-refractivity contribution in [1.82, 2.24) is 0 Å². The molecule has 1 aliphatic carbocycles. The van der Waals surface area contributed by atoms with Gasteiger partial charge in [-0.15, -0.1) is 0 Å². The molecule has 36 heavy (non-hydrogen) atoms. The zero-order chi connectivity index (χ0) is 23.4. The van der Waals surface area contributed by atoms with E-state index >= 15 is 0 Å². The molecule has 9 rings (SSSR count). The molecular weight excluding hydrogens is 436 g/mol.